The minimum Gasteiger partial charge on any atom is -0.483 e. The zero-order chi connectivity index (χ0) is 31.2. The van der Waals surface area contributed by atoms with Crippen LogP contribution in [0.4, 0.5) is 4.79 Å². The van der Waals surface area contributed by atoms with Crippen molar-refractivity contribution < 1.29 is 38.9 Å². The highest BCUT2D eigenvalue weighted by Crippen LogP contribution is 2.22. The van der Waals surface area contributed by atoms with Crippen LogP contribution in [0.2, 0.25) is 0 Å². The first kappa shape index (κ1) is 41.4. The van der Waals surface area contributed by atoms with E-state index >= 15 is 0 Å². The molecule has 12 nitrogen and oxygen atoms in total. The second-order valence-electron chi connectivity index (χ2n) is 8.32. The summed E-state index contributed by atoms with van der Waals surface area (Å²) in [6.07, 6.45) is 14.4. The quantitative estimate of drug-likeness (QED) is 0.0721. The summed E-state index contributed by atoms with van der Waals surface area (Å²) in [4.78, 5) is 60.0. The second-order valence-corrected chi connectivity index (χ2v) is 9.27. The number of carbonyl (C=O) groups is 4. The van der Waals surface area contributed by atoms with Crippen LogP contribution >= 0.6 is 11.8 Å². The number of hydrogen-bond donors (Lipinski definition) is 2. The molecule has 0 aromatic carbocycles. The highest BCUT2D eigenvalue weighted by atomic mass is 32.2. The maximum Gasteiger partial charge on any atom is 0.367 e. The molecule has 13 heteroatoms. The smallest absolute Gasteiger partial charge is 0.367 e. The van der Waals surface area contributed by atoms with Crippen LogP contribution in [0.5, 0.6) is 0 Å². The molecule has 0 radical (unpaired) electrons. The number of hydrogen-bond acceptors (Lipinski definition) is 9. The minimum atomic E-state index is -0.866. The van der Waals surface area contributed by atoms with Crippen molar-refractivity contribution in [2.24, 2.45) is 5.92 Å². The van der Waals surface area contributed by atoms with Crippen LogP contribution in [0.15, 0.2) is 24.3 Å². The molecule has 1 fully saturated rings. The summed E-state index contributed by atoms with van der Waals surface area (Å²) >= 11 is 0.907. The third kappa shape index (κ3) is 25.2. The standard InChI is InChI=1S/C15H25N3O7S.C7H14.C4H8.CH2O2/c1-11(14(20)17-7-5-6-12(17)13(19)16-2)10-26-15(21)24-8-3-4-9-25-18(22)23;1-3-5-7-6-4-2;1-3-4-2;2-1-3/h11-12H,3-10H2,1-2H3,(H,16,19);5,7H,3-4,6H2,1-2H3;3-4H,1-2H3;1H,(H,2,3)/b;7-5+;4-3-;/t11-,12+;;;/m1.../s1. The Balaban J connectivity index is -0.000000805. The molecule has 0 aliphatic carbocycles. The predicted molar refractivity (Wildman–Crippen MR) is 157 cm³/mol. The molecular weight excluding hydrogens is 542 g/mol. The lowest BCUT2D eigenvalue weighted by atomic mass is 10.1. The molecule has 0 saturated carbocycles. The van der Waals surface area contributed by atoms with E-state index in [0.717, 1.165) is 18.2 Å². The van der Waals surface area contributed by atoms with Crippen LogP contribution in [-0.4, -0.2) is 77.3 Å². The van der Waals surface area contributed by atoms with Gasteiger partial charge in [0.1, 0.15) is 6.04 Å². The van der Waals surface area contributed by atoms with Gasteiger partial charge in [0.15, 0.2) is 0 Å². The number of carboxylic acid groups (broad SMARTS) is 1. The Morgan fingerprint density at radius 1 is 1.18 bits per heavy atom. The molecule has 1 heterocycles. The molecule has 2 N–H and O–H groups in total. The fourth-order valence-electron chi connectivity index (χ4n) is 3.01. The predicted octanol–water partition coefficient (Wildman–Crippen LogP) is 5.25. The molecular formula is C27H49N3O9S. The average molecular weight is 592 g/mol. The van der Waals surface area contributed by atoms with Crippen molar-refractivity contribution in [2.45, 2.75) is 85.6 Å². The van der Waals surface area contributed by atoms with Gasteiger partial charge in [0.25, 0.3) is 11.6 Å². The SMILES string of the molecule is C/C=C\C.CC/C=C/CCC.CNC(=O)[C@@H]1CCCN1C(=O)[C@H](C)CSC(=O)OCCCCO[N+](=O)[O-].O=CO. The van der Waals surface area contributed by atoms with Gasteiger partial charge >= 0.3 is 5.30 Å². The van der Waals surface area contributed by atoms with Gasteiger partial charge in [-0.2, -0.15) is 0 Å². The number of likely N-dealkylation sites (N-methyl/N-ethyl adjacent to an activating group) is 1. The summed E-state index contributed by atoms with van der Waals surface area (Å²) in [6.45, 7) is 10.5. The number of unbranched alkanes of at least 4 members (excludes halogenated alkanes) is 2. The van der Waals surface area contributed by atoms with Crippen molar-refractivity contribution in [3.63, 3.8) is 0 Å². The Bertz CT molecular complexity index is 745. The average Bonchev–Trinajstić information content (AvgIpc) is 3.44. The Hall–Kier alpha value is -3.09. The zero-order valence-electron chi connectivity index (χ0n) is 24.8. The number of thioether (sulfide) groups is 1. The molecule has 1 aliphatic rings. The van der Waals surface area contributed by atoms with E-state index in [9.17, 15) is 24.5 Å². The monoisotopic (exact) mass is 591 g/mol. The van der Waals surface area contributed by atoms with Gasteiger partial charge in [-0.15, -0.1) is 10.1 Å². The van der Waals surface area contributed by atoms with E-state index in [-0.39, 0.29) is 37.3 Å². The maximum atomic E-state index is 12.5. The summed E-state index contributed by atoms with van der Waals surface area (Å²) in [5.41, 5.74) is 0. The number of ether oxygens (including phenoxy) is 1. The summed E-state index contributed by atoms with van der Waals surface area (Å²) < 4.78 is 4.99. The number of nitrogens with one attached hydrogen (secondary N) is 1. The molecule has 0 spiro atoms. The van der Waals surface area contributed by atoms with Gasteiger partial charge in [0, 0.05) is 25.3 Å². The second kappa shape index (κ2) is 30.5. The van der Waals surface area contributed by atoms with Crippen LogP contribution in [0.3, 0.4) is 0 Å². The van der Waals surface area contributed by atoms with E-state index in [1.54, 1.807) is 18.9 Å². The van der Waals surface area contributed by atoms with Gasteiger partial charge in [-0.3, -0.25) is 14.4 Å². The number of rotatable bonds is 13. The number of nitrogens with zero attached hydrogens (tertiary/aromatic N) is 2. The Morgan fingerprint density at radius 2 is 1.77 bits per heavy atom. The number of allylic oxidation sites excluding steroid dienone is 4. The van der Waals surface area contributed by atoms with E-state index in [4.69, 9.17) is 14.6 Å². The van der Waals surface area contributed by atoms with Crippen LogP contribution in [-0.2, 0) is 24.0 Å². The highest BCUT2D eigenvalue weighted by Gasteiger charge is 2.35. The van der Waals surface area contributed by atoms with E-state index in [1.807, 2.05) is 26.0 Å². The maximum absolute atomic E-state index is 12.5. The summed E-state index contributed by atoms with van der Waals surface area (Å²) in [5, 5.41) is 18.0. The van der Waals surface area contributed by atoms with Crippen LogP contribution in [0, 0.1) is 16.0 Å². The molecule has 0 unspecified atom stereocenters. The zero-order valence-corrected chi connectivity index (χ0v) is 25.7. The van der Waals surface area contributed by atoms with Crippen molar-refractivity contribution in [1.82, 2.24) is 10.2 Å². The topological polar surface area (TPSA) is 165 Å². The normalized spacial score (nSPS) is 14.4. The Labute approximate surface area is 243 Å². The fourth-order valence-corrected chi connectivity index (χ4v) is 3.70. The minimum absolute atomic E-state index is 0.0361. The van der Waals surface area contributed by atoms with Crippen molar-refractivity contribution >= 4 is 35.3 Å². The number of likely N-dealkylation sites (tertiary alicyclic amines) is 1. The van der Waals surface area contributed by atoms with E-state index in [2.05, 4.69) is 36.2 Å². The van der Waals surface area contributed by atoms with E-state index < -0.39 is 22.3 Å². The Kier molecular flexibility index (Phi) is 31.5. The van der Waals surface area contributed by atoms with Gasteiger partial charge in [-0.25, -0.2) is 4.79 Å². The number of carbonyl (C=O) groups excluding carboxylic acids is 3. The summed E-state index contributed by atoms with van der Waals surface area (Å²) in [6, 6.07) is -0.437. The molecule has 1 aliphatic heterocycles. The van der Waals surface area contributed by atoms with Gasteiger partial charge in [-0.05, 0) is 64.1 Å². The molecule has 1 rings (SSSR count). The molecule has 0 aromatic rings. The molecule has 232 valence electrons. The molecule has 0 bridgehead atoms. The summed E-state index contributed by atoms with van der Waals surface area (Å²) in [7, 11) is 1.54. The van der Waals surface area contributed by atoms with E-state index in [1.165, 1.54) is 19.3 Å². The number of amides is 2. The van der Waals surface area contributed by atoms with Crippen molar-refractivity contribution in [1.29, 1.82) is 0 Å². The molecule has 2 amide bonds. The highest BCUT2D eigenvalue weighted by molar-refractivity contribution is 8.13. The van der Waals surface area contributed by atoms with Gasteiger partial charge in [0.2, 0.25) is 11.8 Å². The van der Waals surface area contributed by atoms with Crippen molar-refractivity contribution in [3.05, 3.63) is 34.4 Å². The Morgan fingerprint density at radius 3 is 2.27 bits per heavy atom. The summed E-state index contributed by atoms with van der Waals surface area (Å²) in [5.74, 6) is -0.463. The van der Waals surface area contributed by atoms with Crippen molar-refractivity contribution in [3.8, 4) is 0 Å². The lowest BCUT2D eigenvalue weighted by molar-refractivity contribution is -0.757. The lowest BCUT2D eigenvalue weighted by Crippen LogP contribution is -2.47. The molecule has 0 aromatic heterocycles. The van der Waals surface area contributed by atoms with Crippen LogP contribution in [0.1, 0.15) is 79.6 Å². The third-order valence-corrected chi connectivity index (χ3v) is 6.12. The van der Waals surface area contributed by atoms with Crippen LogP contribution < -0.4 is 5.32 Å². The lowest BCUT2D eigenvalue weighted by Gasteiger charge is -2.26. The van der Waals surface area contributed by atoms with Crippen molar-refractivity contribution in [2.75, 3.05) is 32.6 Å². The first-order valence-corrected chi connectivity index (χ1v) is 14.5. The van der Waals surface area contributed by atoms with Gasteiger partial charge in [-0.1, -0.05) is 51.5 Å². The van der Waals surface area contributed by atoms with Crippen LogP contribution in [0.25, 0.3) is 0 Å². The van der Waals surface area contributed by atoms with E-state index in [0.29, 0.717) is 25.8 Å². The molecule has 40 heavy (non-hydrogen) atoms. The largest absolute Gasteiger partial charge is 0.483 e. The molecule has 2 atom stereocenters. The van der Waals surface area contributed by atoms with Gasteiger partial charge in [0.05, 0.1) is 13.2 Å². The fraction of sp³-hybridized carbons (Fsp3) is 0.704. The molecule has 1 saturated heterocycles. The third-order valence-electron chi connectivity index (χ3n) is 5.10. The first-order valence-electron chi connectivity index (χ1n) is 13.5. The van der Waals surface area contributed by atoms with Gasteiger partial charge < -0.3 is 24.9 Å². The first-order chi connectivity index (χ1) is 19.1.